The zero-order valence-electron chi connectivity index (χ0n) is 12.9. The molecule has 3 rings (SSSR count). The van der Waals surface area contributed by atoms with E-state index in [1.54, 1.807) is 0 Å². The number of rotatable bonds is 3. The Hall–Kier alpha value is -3.30. The fourth-order valence-electron chi connectivity index (χ4n) is 2.74. The molecule has 134 valence electrons. The van der Waals surface area contributed by atoms with Gasteiger partial charge in [0.1, 0.15) is 0 Å². The number of carbonyl (C=O) groups is 2. The maximum absolute atomic E-state index is 13.9. The van der Waals surface area contributed by atoms with Crippen molar-refractivity contribution >= 4 is 17.5 Å². The van der Waals surface area contributed by atoms with Crippen LogP contribution in [0, 0.1) is 33.4 Å². The molecule has 0 saturated carbocycles. The van der Waals surface area contributed by atoms with E-state index in [1.165, 1.54) is 19.1 Å². The normalized spacial score (nSPS) is 14.6. The van der Waals surface area contributed by atoms with Crippen molar-refractivity contribution in [3.8, 4) is 0 Å². The van der Waals surface area contributed by atoms with Gasteiger partial charge >= 0.3 is 0 Å². The third-order valence-corrected chi connectivity index (χ3v) is 4.11. The van der Waals surface area contributed by atoms with E-state index in [1.807, 2.05) is 0 Å². The molecule has 26 heavy (non-hydrogen) atoms. The van der Waals surface area contributed by atoms with Crippen molar-refractivity contribution in [2.24, 2.45) is 0 Å². The number of hydrogen-bond donors (Lipinski definition) is 0. The first-order valence-electron chi connectivity index (χ1n) is 7.15. The summed E-state index contributed by atoms with van der Waals surface area (Å²) in [6.07, 6.45) is 0. The van der Waals surface area contributed by atoms with E-state index < -0.39 is 57.2 Å². The Kier molecular flexibility index (Phi) is 3.98. The maximum atomic E-state index is 13.9. The van der Waals surface area contributed by atoms with E-state index in [0.29, 0.717) is 4.90 Å². The molecule has 1 aliphatic rings. The molecule has 0 fully saturated rings. The highest BCUT2D eigenvalue weighted by Gasteiger charge is 2.46. The molecule has 0 spiro atoms. The monoisotopic (exact) mass is 368 g/mol. The van der Waals surface area contributed by atoms with Crippen LogP contribution in [0.1, 0.15) is 39.2 Å². The van der Waals surface area contributed by atoms with Crippen LogP contribution in [-0.2, 0) is 0 Å². The average molecular weight is 368 g/mol. The van der Waals surface area contributed by atoms with Crippen LogP contribution in [0.25, 0.3) is 0 Å². The smallest absolute Gasteiger partial charge is 0.268 e. The number of hydrogen-bond acceptors (Lipinski definition) is 4. The van der Waals surface area contributed by atoms with E-state index in [9.17, 15) is 37.3 Å². The molecule has 0 aliphatic carbocycles. The molecule has 1 atom stereocenters. The van der Waals surface area contributed by atoms with Crippen LogP contribution in [0.3, 0.4) is 0 Å². The zero-order chi connectivity index (χ0) is 19.3. The summed E-state index contributed by atoms with van der Waals surface area (Å²) in [4.78, 5) is 35.1. The van der Waals surface area contributed by atoms with Gasteiger partial charge in [0.25, 0.3) is 17.5 Å². The molecule has 0 N–H and O–H groups in total. The summed E-state index contributed by atoms with van der Waals surface area (Å²) < 4.78 is 54.5. The fourth-order valence-corrected chi connectivity index (χ4v) is 2.74. The Balaban J connectivity index is 2.06. The Morgan fingerprint density at radius 1 is 0.885 bits per heavy atom. The summed E-state index contributed by atoms with van der Waals surface area (Å²) in [5, 5.41) is 10.7. The molecule has 6 nitrogen and oxygen atoms in total. The Labute approximate surface area is 142 Å². The van der Waals surface area contributed by atoms with Gasteiger partial charge in [0, 0.05) is 12.1 Å². The van der Waals surface area contributed by atoms with E-state index in [-0.39, 0.29) is 11.3 Å². The van der Waals surface area contributed by atoms with E-state index in [2.05, 4.69) is 0 Å². The number of halogens is 4. The molecule has 0 saturated heterocycles. The lowest BCUT2D eigenvalue weighted by atomic mass is 10.1. The predicted octanol–water partition coefficient (Wildman–Crippen LogP) is 3.51. The first-order chi connectivity index (χ1) is 12.2. The average Bonchev–Trinajstić information content (AvgIpc) is 2.88. The summed E-state index contributed by atoms with van der Waals surface area (Å²) in [5.74, 6) is -10.9. The van der Waals surface area contributed by atoms with Gasteiger partial charge in [0.2, 0.25) is 0 Å². The van der Waals surface area contributed by atoms with Gasteiger partial charge in [-0.25, -0.2) is 17.6 Å². The topological polar surface area (TPSA) is 80.5 Å². The molecule has 2 aromatic carbocycles. The molecule has 1 aliphatic heterocycles. The van der Waals surface area contributed by atoms with Crippen LogP contribution < -0.4 is 0 Å². The predicted molar refractivity (Wildman–Crippen MR) is 78.3 cm³/mol. The zero-order valence-corrected chi connectivity index (χ0v) is 12.9. The van der Waals surface area contributed by atoms with Crippen molar-refractivity contribution < 1.29 is 32.1 Å². The first kappa shape index (κ1) is 17.5. The van der Waals surface area contributed by atoms with Gasteiger partial charge in [0.05, 0.1) is 22.1 Å². The van der Waals surface area contributed by atoms with Crippen LogP contribution in [0.2, 0.25) is 0 Å². The summed E-state index contributed by atoms with van der Waals surface area (Å²) in [6.45, 7) is 1.32. The van der Waals surface area contributed by atoms with Gasteiger partial charge < -0.3 is 0 Å². The van der Waals surface area contributed by atoms with Gasteiger partial charge in [0.15, 0.2) is 23.3 Å². The minimum atomic E-state index is -2.19. The molecule has 0 unspecified atom stereocenters. The number of non-ortho nitro benzene ring substituents is 1. The SMILES string of the molecule is C[C@@H](c1ccc([N+](=O)[O-])cc1)N1C(=O)c2c(F)c(F)c(F)c(F)c2C1=O. The minimum absolute atomic E-state index is 0.242. The van der Waals surface area contributed by atoms with E-state index in [4.69, 9.17) is 0 Å². The summed E-state index contributed by atoms with van der Waals surface area (Å²) in [6, 6.07) is 3.64. The number of nitro benzene ring substituents is 1. The number of fused-ring (bicyclic) bond motifs is 1. The van der Waals surface area contributed by atoms with Crippen molar-refractivity contribution in [3.63, 3.8) is 0 Å². The second-order valence-electron chi connectivity index (χ2n) is 5.51. The third-order valence-electron chi connectivity index (χ3n) is 4.11. The fraction of sp³-hybridized carbons (Fsp3) is 0.125. The molecule has 0 bridgehead atoms. The lowest BCUT2D eigenvalue weighted by molar-refractivity contribution is -0.384. The number of nitrogens with zero attached hydrogens (tertiary/aromatic N) is 2. The van der Waals surface area contributed by atoms with Crippen molar-refractivity contribution in [1.82, 2.24) is 4.90 Å². The van der Waals surface area contributed by atoms with Gasteiger partial charge in [-0.2, -0.15) is 0 Å². The van der Waals surface area contributed by atoms with Gasteiger partial charge in [-0.3, -0.25) is 24.6 Å². The van der Waals surface area contributed by atoms with Crippen molar-refractivity contribution in [3.05, 3.63) is 74.3 Å². The number of imide groups is 1. The summed E-state index contributed by atoms with van der Waals surface area (Å²) >= 11 is 0. The molecule has 2 amide bonds. The summed E-state index contributed by atoms with van der Waals surface area (Å²) in [7, 11) is 0. The van der Waals surface area contributed by atoms with Crippen LogP contribution in [0.5, 0.6) is 0 Å². The standard InChI is InChI=1S/C16H8F4N2O4/c1-6(7-2-4-8(5-3-7)22(25)26)21-15(23)9-10(16(21)24)12(18)14(20)13(19)11(9)17/h2-6H,1H3/t6-/m0/s1. The molecule has 0 radical (unpaired) electrons. The van der Waals surface area contributed by atoms with Crippen LogP contribution in [0.15, 0.2) is 24.3 Å². The maximum Gasteiger partial charge on any atom is 0.269 e. The lowest BCUT2D eigenvalue weighted by Crippen LogP contribution is -2.32. The quantitative estimate of drug-likeness (QED) is 0.207. The molecule has 10 heteroatoms. The lowest BCUT2D eigenvalue weighted by Gasteiger charge is -2.22. The second kappa shape index (κ2) is 5.90. The Bertz CT molecular complexity index is 928. The van der Waals surface area contributed by atoms with Crippen molar-refractivity contribution in [2.75, 3.05) is 0 Å². The number of amides is 2. The molecular weight excluding hydrogens is 360 g/mol. The molecule has 2 aromatic rings. The van der Waals surface area contributed by atoms with Gasteiger partial charge in [-0.05, 0) is 12.5 Å². The van der Waals surface area contributed by atoms with Crippen molar-refractivity contribution in [1.29, 1.82) is 0 Å². The highest BCUT2D eigenvalue weighted by Crippen LogP contribution is 2.36. The van der Waals surface area contributed by atoms with E-state index >= 15 is 0 Å². The molecule has 1 heterocycles. The molecular formula is C16H8F4N2O4. The number of benzene rings is 2. The van der Waals surface area contributed by atoms with Crippen molar-refractivity contribution in [2.45, 2.75) is 13.0 Å². The first-order valence-corrected chi connectivity index (χ1v) is 7.15. The highest BCUT2D eigenvalue weighted by molar-refractivity contribution is 6.21. The molecule has 0 aromatic heterocycles. The minimum Gasteiger partial charge on any atom is -0.268 e. The highest BCUT2D eigenvalue weighted by atomic mass is 19.2. The Morgan fingerprint density at radius 2 is 1.31 bits per heavy atom. The van der Waals surface area contributed by atoms with Crippen LogP contribution in [-0.4, -0.2) is 21.6 Å². The third kappa shape index (κ3) is 2.33. The van der Waals surface area contributed by atoms with E-state index in [0.717, 1.165) is 12.1 Å². The summed E-state index contributed by atoms with van der Waals surface area (Å²) in [5.41, 5.74) is -2.36. The number of carbonyl (C=O) groups excluding carboxylic acids is 2. The van der Waals surface area contributed by atoms with Crippen LogP contribution >= 0.6 is 0 Å². The largest absolute Gasteiger partial charge is 0.269 e. The van der Waals surface area contributed by atoms with Gasteiger partial charge in [-0.15, -0.1) is 0 Å². The number of nitro groups is 1. The van der Waals surface area contributed by atoms with Gasteiger partial charge in [-0.1, -0.05) is 12.1 Å². The Morgan fingerprint density at radius 3 is 1.69 bits per heavy atom. The van der Waals surface area contributed by atoms with Crippen LogP contribution in [0.4, 0.5) is 23.2 Å². The second-order valence-corrected chi connectivity index (χ2v) is 5.51.